The topological polar surface area (TPSA) is 192 Å². The van der Waals surface area contributed by atoms with Crippen LogP contribution in [0.5, 0.6) is 0 Å². The number of aryl methyl sites for hydroxylation is 6. The Bertz CT molecular complexity index is 5390. The quantitative estimate of drug-likeness (QED) is 0.0660. The third-order valence-electron chi connectivity index (χ3n) is 40.0. The molecule has 0 aromatic heterocycles. The molecule has 14 aliphatic carbocycles. The van der Waals surface area contributed by atoms with Crippen molar-refractivity contribution >= 4 is 40.9 Å². The highest BCUT2D eigenvalue weighted by atomic mass is 16.5. The van der Waals surface area contributed by atoms with E-state index in [0.29, 0.717) is 41.4 Å². The van der Waals surface area contributed by atoms with Crippen LogP contribution in [0.4, 0.5) is 11.4 Å². The molecule has 5 spiro atoms. The molecule has 7 aromatic rings. The van der Waals surface area contributed by atoms with Crippen molar-refractivity contribution in [2.75, 3.05) is 10.6 Å². The van der Waals surface area contributed by atoms with Crippen molar-refractivity contribution in [3.05, 3.63) is 235 Å². The van der Waals surface area contributed by atoms with Crippen molar-refractivity contribution in [3.63, 3.8) is 0 Å². The van der Waals surface area contributed by atoms with Gasteiger partial charge in [0.2, 0.25) is 29.5 Å². The maximum Gasteiger partial charge on any atom is 0.227 e. The van der Waals surface area contributed by atoms with Crippen LogP contribution < -0.4 is 26.6 Å². The van der Waals surface area contributed by atoms with Gasteiger partial charge in [0.15, 0.2) is 0 Å². The van der Waals surface area contributed by atoms with Crippen LogP contribution in [0.25, 0.3) is 0 Å². The number of hydrogen-bond acceptors (Lipinski definition) is 10. The highest BCUT2D eigenvalue weighted by Crippen LogP contribution is 2.61. The Morgan fingerprint density at radius 3 is 0.829 bits per heavy atom. The van der Waals surface area contributed by atoms with Crippen molar-refractivity contribution < 1.29 is 47.7 Å². The van der Waals surface area contributed by atoms with Gasteiger partial charge in [-0.05, 0) is 434 Å². The van der Waals surface area contributed by atoms with E-state index in [1.54, 1.807) is 0 Å². The smallest absolute Gasteiger partial charge is 0.227 e. The molecule has 26 rings (SSSR count). The number of hydrogen-bond donors (Lipinski definition) is 5. The summed E-state index contributed by atoms with van der Waals surface area (Å²) in [5, 5.41) is 16.8. The molecule has 0 radical (unpaired) electrons. The summed E-state index contributed by atoms with van der Waals surface area (Å²) < 4.78 is 31.8. The molecule has 5 unspecified atom stereocenters. The average molecular weight is 1900 g/mol. The van der Waals surface area contributed by atoms with Crippen LogP contribution in [0.2, 0.25) is 0 Å². The second kappa shape index (κ2) is 40.6. The lowest BCUT2D eigenvalue weighted by atomic mass is 9.53. The lowest BCUT2D eigenvalue weighted by Crippen LogP contribution is -2.61. The first kappa shape index (κ1) is 99.1. The standard InChI is InChI=1S/C27H37NO2.C26H35NO2.2C24H29NO2.C24H35NO2/c1-17-4-3-5-23-16-30-27(24(17)23)8-6-22(7-9-27)18(2)25(29)28-26-13-19-10-20(14-26)12-21(11-19)15-26;1-17(24(28)27-25-13-18-10-19(14-25)12-20(11-18)15-25)21-6-8-26(9-7-21)23-5-3-2-4-22(23)16-29-26;2*1-16-7-9-21(10-8-16)25-23(26)18(3)19-11-13-24(14-12-19)22-17(2)5-4-6-20(22)15-27-24;1-17-8-7-9-20-16-27-24(21(17)20)14-10-19(11-15-24)18(2)22(26)25-23(3)12-5-4-6-13-23/h3-5,18-22H,6-16H2,1-2H3,(H,28,29);2-5,17-21H,6-16H2,1H3,(H,27,28);2*4-10,18-19H,11-15H2,1-3H3,(H,25,26);7-9,18-19H,4-6,10-16H2,1-3H3,(H,25,26). The van der Waals surface area contributed by atoms with Gasteiger partial charge in [-0.2, -0.15) is 0 Å². The minimum Gasteiger partial charge on any atom is -0.366 e. The monoisotopic (exact) mass is 1900 g/mol. The molecule has 5 heterocycles. The molecule has 5 atom stereocenters. The number of nitrogens with one attached hydrogen (secondary N) is 5. The summed E-state index contributed by atoms with van der Waals surface area (Å²) in [6, 6.07) is 50.9. The first-order valence-electron chi connectivity index (χ1n) is 55.7. The first-order chi connectivity index (χ1) is 67.4. The molecule has 750 valence electrons. The molecular weight excluding hydrogens is 1730 g/mol. The summed E-state index contributed by atoms with van der Waals surface area (Å²) in [6.45, 7) is 29.5. The number of rotatable bonds is 15. The van der Waals surface area contributed by atoms with E-state index in [1.807, 2.05) is 48.5 Å². The molecule has 14 fully saturated rings. The lowest BCUT2D eigenvalue weighted by Gasteiger charge is -2.57. The molecule has 0 saturated heterocycles. The summed E-state index contributed by atoms with van der Waals surface area (Å²) in [5.74, 6) is 9.12. The second-order valence-electron chi connectivity index (χ2n) is 49.3. The van der Waals surface area contributed by atoms with Crippen molar-refractivity contribution in [2.45, 2.75) is 398 Å². The summed E-state index contributed by atoms with van der Waals surface area (Å²) in [5.41, 5.74) is 23.3. The van der Waals surface area contributed by atoms with E-state index >= 15 is 0 Å². The first-order valence-corrected chi connectivity index (χ1v) is 55.7. The lowest BCUT2D eigenvalue weighted by molar-refractivity contribution is -0.135. The molecule has 5 N–H and O–H groups in total. The highest BCUT2D eigenvalue weighted by molar-refractivity contribution is 5.93. The Hall–Kier alpha value is -8.31. The van der Waals surface area contributed by atoms with Crippen LogP contribution >= 0.6 is 0 Å². The van der Waals surface area contributed by atoms with Crippen molar-refractivity contribution in [1.82, 2.24) is 16.0 Å². The number of fused-ring (bicyclic) bond motifs is 10. The van der Waals surface area contributed by atoms with Crippen LogP contribution in [-0.4, -0.2) is 46.2 Å². The van der Waals surface area contributed by atoms with Crippen LogP contribution in [0.3, 0.4) is 0 Å². The Morgan fingerprint density at radius 1 is 0.279 bits per heavy atom. The second-order valence-corrected chi connectivity index (χ2v) is 49.3. The maximum absolute atomic E-state index is 13.3. The van der Waals surface area contributed by atoms with Crippen molar-refractivity contribution in [3.8, 4) is 0 Å². The minimum atomic E-state index is -0.121. The van der Waals surface area contributed by atoms with Gasteiger partial charge < -0.3 is 50.3 Å². The number of ether oxygens (including phenoxy) is 5. The van der Waals surface area contributed by atoms with Gasteiger partial charge in [-0.25, -0.2) is 0 Å². The zero-order valence-electron chi connectivity index (χ0n) is 86.9. The number of carbonyl (C=O) groups excluding carboxylic acids is 5. The van der Waals surface area contributed by atoms with E-state index in [1.165, 1.54) is 185 Å². The van der Waals surface area contributed by atoms with E-state index < -0.39 is 0 Å². The van der Waals surface area contributed by atoms with E-state index in [4.69, 9.17) is 23.7 Å². The van der Waals surface area contributed by atoms with Gasteiger partial charge in [-0.3, -0.25) is 24.0 Å². The fourth-order valence-electron chi connectivity index (χ4n) is 32.6. The normalized spacial score (nSPS) is 33.7. The SMILES string of the molecule is CC(C(=O)NC12CC3CC(CC(C3)C1)C2)C1CCC2(CC1)OCc1ccccc12.Cc1ccc(NC(=O)C(C)C2CCC3(CC2)OCc2cccc(C)c23)cc1.Cc1ccc(NC(=O)C(C)C2CCC3(CC2)OCc2cccc(C)c23)cc1.Cc1cccc2c1C1(CCC(C(C)C(=O)NC3(C)CCCCC3)CC1)OC2.Cc1cccc2c1C1(CCC(C(C)C(=O)NC34CC5CC(CC(C5)C3)C4)CC1)OC2. The summed E-state index contributed by atoms with van der Waals surface area (Å²) >= 11 is 0. The van der Waals surface area contributed by atoms with Gasteiger partial charge in [0.1, 0.15) is 0 Å². The summed E-state index contributed by atoms with van der Waals surface area (Å²) in [4.78, 5) is 65.0. The minimum absolute atomic E-state index is 0.0152. The van der Waals surface area contributed by atoms with Crippen LogP contribution in [0.1, 0.15) is 368 Å². The molecule has 5 aliphatic heterocycles. The number of anilines is 2. The van der Waals surface area contributed by atoms with Gasteiger partial charge >= 0.3 is 0 Å². The summed E-state index contributed by atoms with van der Waals surface area (Å²) in [6.07, 6.45) is 43.2. The van der Waals surface area contributed by atoms with Gasteiger partial charge in [0.25, 0.3) is 0 Å². The van der Waals surface area contributed by atoms with Gasteiger partial charge in [0.05, 0.1) is 61.0 Å². The van der Waals surface area contributed by atoms with Crippen LogP contribution in [0.15, 0.2) is 146 Å². The molecule has 19 aliphatic rings. The molecule has 140 heavy (non-hydrogen) atoms. The third-order valence-corrected chi connectivity index (χ3v) is 40.0. The maximum atomic E-state index is 13.3. The Balaban J connectivity index is 0.000000108. The van der Waals surface area contributed by atoms with E-state index in [9.17, 15) is 24.0 Å². The van der Waals surface area contributed by atoms with E-state index in [2.05, 4.69) is 207 Å². The largest absolute Gasteiger partial charge is 0.366 e. The highest BCUT2D eigenvalue weighted by Gasteiger charge is 2.57. The van der Waals surface area contributed by atoms with E-state index in [0.717, 1.165) is 221 Å². The Morgan fingerprint density at radius 2 is 0.529 bits per heavy atom. The van der Waals surface area contributed by atoms with Gasteiger partial charge in [0, 0.05) is 57.6 Å². The average Bonchev–Trinajstić information content (AvgIpc) is 0.942. The molecule has 7 aromatic carbocycles. The predicted octanol–water partition coefficient (Wildman–Crippen LogP) is 27.3. The van der Waals surface area contributed by atoms with Crippen LogP contribution in [-0.2, 0) is 109 Å². The third kappa shape index (κ3) is 20.2. The molecule has 5 amide bonds. The molecule has 14 saturated carbocycles. The zero-order valence-corrected chi connectivity index (χ0v) is 86.9. The predicted molar refractivity (Wildman–Crippen MR) is 556 cm³/mol. The fourth-order valence-corrected chi connectivity index (χ4v) is 32.6. The fraction of sp³-hybridized carbons (Fsp3) is 0.624. The van der Waals surface area contributed by atoms with Crippen LogP contribution in [0, 0.1) is 136 Å². The van der Waals surface area contributed by atoms with Gasteiger partial charge in [-0.1, -0.05) is 186 Å². The number of amides is 5. The zero-order chi connectivity index (χ0) is 97.3. The summed E-state index contributed by atoms with van der Waals surface area (Å²) in [7, 11) is 0. The molecular formula is C125H165N5O10. The molecule has 15 heteroatoms. The number of carbonyl (C=O) groups is 5. The van der Waals surface area contributed by atoms with Crippen molar-refractivity contribution in [2.24, 2.45) is 94.7 Å². The Kier molecular flexibility index (Phi) is 28.7. The molecule has 15 nitrogen and oxygen atoms in total. The Labute approximate surface area is 837 Å². The van der Waals surface area contributed by atoms with E-state index in [-0.39, 0.29) is 91.9 Å². The van der Waals surface area contributed by atoms with Crippen molar-refractivity contribution in [1.29, 1.82) is 0 Å². The van der Waals surface area contributed by atoms with Gasteiger partial charge in [-0.15, -0.1) is 0 Å². The number of benzene rings is 7. The molecule has 8 bridgehead atoms.